The second-order valence-electron chi connectivity index (χ2n) is 5.69. The van der Waals surface area contributed by atoms with Gasteiger partial charge in [0.2, 0.25) is 11.8 Å². The number of esters is 1. The number of hydrogen-bond acceptors (Lipinski definition) is 4. The van der Waals surface area contributed by atoms with Crippen LogP contribution in [0.3, 0.4) is 0 Å². The molecule has 0 saturated heterocycles. The van der Waals surface area contributed by atoms with Crippen LogP contribution < -0.4 is 11.1 Å². The zero-order valence-corrected chi connectivity index (χ0v) is 12.9. The van der Waals surface area contributed by atoms with E-state index in [-0.39, 0.29) is 24.2 Å². The number of primary amides is 1. The summed E-state index contributed by atoms with van der Waals surface area (Å²) < 4.78 is 4.90. The normalized spacial score (nSPS) is 18.6. The monoisotopic (exact) mass is 298 g/mol. The van der Waals surface area contributed by atoms with Crippen molar-refractivity contribution in [2.75, 3.05) is 6.61 Å². The zero-order valence-electron chi connectivity index (χ0n) is 12.9. The first-order valence-corrected chi connectivity index (χ1v) is 7.72. The number of hydrogen-bond donors (Lipinski definition) is 2. The summed E-state index contributed by atoms with van der Waals surface area (Å²) in [7, 11) is 0. The van der Waals surface area contributed by atoms with E-state index < -0.39 is 17.9 Å². The molecule has 2 atom stereocenters. The van der Waals surface area contributed by atoms with Crippen LogP contribution in [0, 0.1) is 11.8 Å². The van der Waals surface area contributed by atoms with Gasteiger partial charge < -0.3 is 15.8 Å². The molecule has 0 radical (unpaired) electrons. The van der Waals surface area contributed by atoms with Gasteiger partial charge in [-0.2, -0.15) is 0 Å². The molecule has 1 rings (SSSR count). The first kappa shape index (κ1) is 17.5. The van der Waals surface area contributed by atoms with Gasteiger partial charge in [-0.15, -0.1) is 0 Å². The van der Waals surface area contributed by atoms with Crippen LogP contribution in [0.4, 0.5) is 0 Å². The summed E-state index contributed by atoms with van der Waals surface area (Å²) in [6.07, 6.45) is 5.11. The van der Waals surface area contributed by atoms with Crippen molar-refractivity contribution in [1.82, 2.24) is 5.32 Å². The largest absolute Gasteiger partial charge is 0.466 e. The molecule has 1 aliphatic carbocycles. The summed E-state index contributed by atoms with van der Waals surface area (Å²) in [6, 6.07) is -0.821. The van der Waals surface area contributed by atoms with E-state index in [2.05, 4.69) is 5.32 Å². The van der Waals surface area contributed by atoms with Gasteiger partial charge >= 0.3 is 5.97 Å². The Balaban J connectivity index is 2.54. The minimum absolute atomic E-state index is 0.0431. The molecule has 0 spiro atoms. The zero-order chi connectivity index (χ0) is 15.8. The first-order valence-electron chi connectivity index (χ1n) is 7.72. The van der Waals surface area contributed by atoms with E-state index in [0.29, 0.717) is 6.61 Å². The van der Waals surface area contributed by atoms with Crippen LogP contribution in [0.1, 0.15) is 52.4 Å². The number of carbonyl (C=O) groups excluding carboxylic acids is 3. The lowest BCUT2D eigenvalue weighted by Crippen LogP contribution is -2.48. The molecule has 0 aromatic carbocycles. The summed E-state index contributed by atoms with van der Waals surface area (Å²) in [5.74, 6) is -1.65. The fourth-order valence-corrected chi connectivity index (χ4v) is 2.63. The van der Waals surface area contributed by atoms with Gasteiger partial charge in [0.15, 0.2) is 0 Å². The van der Waals surface area contributed by atoms with Gasteiger partial charge in [-0.25, -0.2) is 0 Å². The molecule has 3 N–H and O–H groups in total. The highest BCUT2D eigenvalue weighted by atomic mass is 16.5. The molecule has 1 saturated carbocycles. The van der Waals surface area contributed by atoms with E-state index in [1.165, 1.54) is 0 Å². The Morgan fingerprint density at radius 2 is 1.86 bits per heavy atom. The van der Waals surface area contributed by atoms with E-state index in [9.17, 15) is 14.4 Å². The lowest BCUT2D eigenvalue weighted by molar-refractivity contribution is -0.148. The highest BCUT2D eigenvalue weighted by Crippen LogP contribution is 2.24. The number of nitrogens with two attached hydrogens (primary N) is 1. The molecule has 0 aromatic heterocycles. The van der Waals surface area contributed by atoms with Gasteiger partial charge in [-0.05, 0) is 26.2 Å². The van der Waals surface area contributed by atoms with Crippen molar-refractivity contribution >= 4 is 17.8 Å². The average molecular weight is 298 g/mol. The molecule has 0 heterocycles. The number of nitrogens with one attached hydrogen (secondary N) is 1. The van der Waals surface area contributed by atoms with Gasteiger partial charge in [0, 0.05) is 5.92 Å². The Morgan fingerprint density at radius 3 is 2.38 bits per heavy atom. The summed E-state index contributed by atoms with van der Waals surface area (Å²) >= 11 is 0. The Kier molecular flexibility index (Phi) is 7.19. The maximum atomic E-state index is 12.2. The summed E-state index contributed by atoms with van der Waals surface area (Å²) in [5, 5.41) is 2.69. The van der Waals surface area contributed by atoms with Crippen molar-refractivity contribution in [2.45, 2.75) is 58.4 Å². The molecular formula is C15H26N2O4. The van der Waals surface area contributed by atoms with E-state index in [4.69, 9.17) is 10.5 Å². The van der Waals surface area contributed by atoms with Crippen LogP contribution in [-0.2, 0) is 19.1 Å². The Morgan fingerprint density at radius 1 is 1.24 bits per heavy atom. The second-order valence-corrected chi connectivity index (χ2v) is 5.69. The maximum Gasteiger partial charge on any atom is 0.308 e. The summed E-state index contributed by atoms with van der Waals surface area (Å²) in [6.45, 7) is 3.68. The topological polar surface area (TPSA) is 98.5 Å². The molecule has 0 bridgehead atoms. The van der Waals surface area contributed by atoms with Gasteiger partial charge in [-0.3, -0.25) is 14.4 Å². The highest BCUT2D eigenvalue weighted by Gasteiger charge is 2.28. The average Bonchev–Trinajstić information content (AvgIpc) is 2.47. The minimum Gasteiger partial charge on any atom is -0.466 e. The summed E-state index contributed by atoms with van der Waals surface area (Å²) in [5.41, 5.74) is 5.33. The molecule has 1 fully saturated rings. The third-order valence-corrected chi connectivity index (χ3v) is 3.91. The third-order valence-electron chi connectivity index (χ3n) is 3.91. The molecule has 0 aliphatic heterocycles. The van der Waals surface area contributed by atoms with E-state index >= 15 is 0 Å². The van der Waals surface area contributed by atoms with Crippen molar-refractivity contribution in [3.05, 3.63) is 0 Å². The van der Waals surface area contributed by atoms with Crippen LogP contribution in [0.5, 0.6) is 0 Å². The van der Waals surface area contributed by atoms with Crippen molar-refractivity contribution in [3.63, 3.8) is 0 Å². The molecule has 1 aliphatic rings. The number of ether oxygens (including phenoxy) is 1. The summed E-state index contributed by atoms with van der Waals surface area (Å²) in [4.78, 5) is 35.2. The SMILES string of the molecule is CCOC(=O)[C@H](C)C[C@H](NC(=O)C1CCCCC1)C(N)=O. The van der Waals surface area contributed by atoms with Crippen LogP contribution >= 0.6 is 0 Å². The number of amides is 2. The predicted molar refractivity (Wildman–Crippen MR) is 78.1 cm³/mol. The first-order chi connectivity index (χ1) is 9.95. The molecule has 120 valence electrons. The van der Waals surface area contributed by atoms with Gasteiger partial charge in [-0.1, -0.05) is 26.2 Å². The predicted octanol–water partition coefficient (Wildman–Crippen LogP) is 1.13. The van der Waals surface area contributed by atoms with Crippen molar-refractivity contribution in [1.29, 1.82) is 0 Å². The van der Waals surface area contributed by atoms with E-state index in [0.717, 1.165) is 32.1 Å². The van der Waals surface area contributed by atoms with Gasteiger partial charge in [0.1, 0.15) is 6.04 Å². The van der Waals surface area contributed by atoms with Gasteiger partial charge in [0.25, 0.3) is 0 Å². The standard InChI is InChI=1S/C15H26N2O4/c1-3-21-15(20)10(2)9-12(13(16)18)17-14(19)11-7-5-4-6-8-11/h10-12H,3-9H2,1-2H3,(H2,16,18)(H,17,19)/t10-,12+/m1/s1. The van der Waals surface area contributed by atoms with Gasteiger partial charge in [0.05, 0.1) is 12.5 Å². The molecule has 21 heavy (non-hydrogen) atoms. The van der Waals surface area contributed by atoms with E-state index in [1.807, 2.05) is 0 Å². The molecule has 6 nitrogen and oxygen atoms in total. The van der Waals surface area contributed by atoms with Crippen molar-refractivity contribution in [3.8, 4) is 0 Å². The fraction of sp³-hybridized carbons (Fsp3) is 0.800. The number of carbonyl (C=O) groups is 3. The van der Waals surface area contributed by atoms with E-state index in [1.54, 1.807) is 13.8 Å². The van der Waals surface area contributed by atoms with Crippen molar-refractivity contribution < 1.29 is 19.1 Å². The molecular weight excluding hydrogens is 272 g/mol. The minimum atomic E-state index is -0.821. The maximum absolute atomic E-state index is 12.2. The van der Waals surface area contributed by atoms with Crippen molar-refractivity contribution in [2.24, 2.45) is 17.6 Å². The Hall–Kier alpha value is -1.59. The third kappa shape index (κ3) is 5.73. The fourth-order valence-electron chi connectivity index (χ4n) is 2.63. The lowest BCUT2D eigenvalue weighted by Gasteiger charge is -2.24. The molecule has 6 heteroatoms. The van der Waals surface area contributed by atoms with Crippen LogP contribution in [0.15, 0.2) is 0 Å². The Labute approximate surface area is 125 Å². The molecule has 2 amide bonds. The van der Waals surface area contributed by atoms with Crippen LogP contribution in [0.2, 0.25) is 0 Å². The van der Waals surface area contributed by atoms with Crippen LogP contribution in [-0.4, -0.2) is 30.4 Å². The number of rotatable bonds is 7. The second kappa shape index (κ2) is 8.64. The Bertz CT molecular complexity index is 378. The highest BCUT2D eigenvalue weighted by molar-refractivity contribution is 5.88. The smallest absolute Gasteiger partial charge is 0.308 e. The quantitative estimate of drug-likeness (QED) is 0.688. The van der Waals surface area contributed by atoms with Crippen LogP contribution in [0.25, 0.3) is 0 Å². The lowest BCUT2D eigenvalue weighted by atomic mass is 9.88. The molecule has 0 unspecified atom stereocenters. The molecule has 0 aromatic rings.